The van der Waals surface area contributed by atoms with Gasteiger partial charge in [-0.05, 0) is 50.4 Å². The molecule has 0 N–H and O–H groups in total. The largest absolute Gasteiger partial charge is 0.379 e. The molecule has 0 radical (unpaired) electrons. The molecule has 1 amide bonds. The zero-order valence-electron chi connectivity index (χ0n) is 18.2. The van der Waals surface area contributed by atoms with Gasteiger partial charge in [0.15, 0.2) is 0 Å². The molecule has 0 bridgehead atoms. The molecule has 0 aromatic heterocycles. The van der Waals surface area contributed by atoms with E-state index in [1.54, 1.807) is 31.4 Å². The second kappa shape index (κ2) is 12.3. The Morgan fingerprint density at radius 1 is 1.13 bits per heavy atom. The van der Waals surface area contributed by atoms with E-state index in [2.05, 4.69) is 20.8 Å². The van der Waals surface area contributed by atoms with Crippen LogP contribution in [-0.2, 0) is 26.5 Å². The quantitative estimate of drug-likeness (QED) is 0.327. The van der Waals surface area contributed by atoms with E-state index < -0.39 is 11.6 Å². The maximum absolute atomic E-state index is 14.4. The van der Waals surface area contributed by atoms with Gasteiger partial charge in [-0.2, -0.15) is 0 Å². The molecule has 0 aliphatic heterocycles. The van der Waals surface area contributed by atoms with Gasteiger partial charge in [-0.1, -0.05) is 38.0 Å². The number of halogens is 2. The summed E-state index contributed by atoms with van der Waals surface area (Å²) in [5.41, 5.74) is 0.362. The number of amides is 1. The fourth-order valence-corrected chi connectivity index (χ4v) is 3.18. The van der Waals surface area contributed by atoms with Crippen molar-refractivity contribution in [2.45, 2.75) is 52.1 Å². The molecule has 0 aliphatic carbocycles. The first-order chi connectivity index (χ1) is 13.7. The van der Waals surface area contributed by atoms with Crippen LogP contribution < -0.4 is 4.90 Å². The summed E-state index contributed by atoms with van der Waals surface area (Å²) in [6.45, 7) is 6.59. The minimum absolute atomic E-state index is 0. The molecule has 0 aliphatic rings. The Labute approximate surface area is 193 Å². The predicted molar refractivity (Wildman–Crippen MR) is 112 cm³/mol. The van der Waals surface area contributed by atoms with Crippen molar-refractivity contribution in [3.05, 3.63) is 65.7 Å². The number of anilines is 1. The van der Waals surface area contributed by atoms with Crippen LogP contribution in [0, 0.1) is 23.6 Å². The van der Waals surface area contributed by atoms with E-state index in [9.17, 15) is 13.6 Å². The summed E-state index contributed by atoms with van der Waals surface area (Å²) in [5, 5.41) is 0. The number of carbonyl (C=O) groups excluding carboxylic acids is 1. The van der Waals surface area contributed by atoms with Crippen LogP contribution in [0.3, 0.4) is 0 Å². The van der Waals surface area contributed by atoms with Gasteiger partial charge >= 0.3 is 0 Å². The fraction of sp³-hybridized carbons (Fsp3) is 0.458. The van der Waals surface area contributed by atoms with Crippen LogP contribution in [0.25, 0.3) is 0 Å². The van der Waals surface area contributed by atoms with Gasteiger partial charge in [-0.15, -0.1) is 18.2 Å². The molecule has 2 aromatic rings. The summed E-state index contributed by atoms with van der Waals surface area (Å²) in [5.74, 6) is -1.60. The number of ether oxygens (including phenoxy) is 1. The summed E-state index contributed by atoms with van der Waals surface area (Å²) in [4.78, 5) is 14.4. The molecule has 0 saturated heterocycles. The molecule has 0 fully saturated rings. The first-order valence-electron chi connectivity index (χ1n) is 10.0. The molecule has 1 unspecified atom stereocenters. The Hall–Kier alpha value is -1.56. The van der Waals surface area contributed by atoms with Crippen LogP contribution in [-0.4, -0.2) is 25.2 Å². The second-order valence-corrected chi connectivity index (χ2v) is 8.08. The standard InChI is InChI=1S/C24H30F2NO2.Ti/c1-18(9-8-15-24(2,3)29-4)14-16-27(22-13-12-20(25)17-21(22)26)23(28)19-10-6-5-7-11-19;/h5-7,10-13,18H,8-9,14-16H2,1-4H3;/q-1;. The van der Waals surface area contributed by atoms with Crippen molar-refractivity contribution >= 4 is 11.6 Å². The fourth-order valence-electron chi connectivity index (χ4n) is 3.18. The molecule has 0 saturated carbocycles. The number of rotatable bonds is 10. The average Bonchev–Trinajstić information content (AvgIpc) is 2.69. The van der Waals surface area contributed by atoms with Crippen molar-refractivity contribution in [3.8, 4) is 0 Å². The molecule has 0 spiro atoms. The summed E-state index contributed by atoms with van der Waals surface area (Å²) >= 11 is 0. The van der Waals surface area contributed by atoms with E-state index >= 15 is 0 Å². The number of methoxy groups -OCH3 is 1. The Balaban J connectivity index is 0.00000450. The van der Waals surface area contributed by atoms with Gasteiger partial charge in [-0.25, -0.2) is 8.78 Å². The molecule has 2 aromatic carbocycles. The summed E-state index contributed by atoms with van der Waals surface area (Å²) in [6.07, 6.45) is 3.65. The number of hydrogen-bond donors (Lipinski definition) is 0. The van der Waals surface area contributed by atoms with E-state index in [4.69, 9.17) is 4.74 Å². The van der Waals surface area contributed by atoms with Gasteiger partial charge in [0.05, 0.1) is 5.60 Å². The zero-order chi connectivity index (χ0) is 21.4. The van der Waals surface area contributed by atoms with Crippen LogP contribution in [0.15, 0.2) is 42.5 Å². The van der Waals surface area contributed by atoms with Gasteiger partial charge in [0.2, 0.25) is 5.91 Å². The monoisotopic (exact) mass is 450 g/mol. The van der Waals surface area contributed by atoms with Gasteiger partial charge in [0.25, 0.3) is 0 Å². The third-order valence-electron chi connectivity index (χ3n) is 5.27. The predicted octanol–water partition coefficient (Wildman–Crippen LogP) is 6.03. The van der Waals surface area contributed by atoms with Gasteiger partial charge in [0.1, 0.15) is 0 Å². The number of carbonyl (C=O) groups is 1. The minimum Gasteiger partial charge on any atom is -0.379 e. The Kier molecular flexibility index (Phi) is 10.9. The third-order valence-corrected chi connectivity index (χ3v) is 5.27. The smallest absolute Gasteiger partial charge is 0.247 e. The van der Waals surface area contributed by atoms with Crippen LogP contribution in [0.2, 0.25) is 0 Å². The Bertz CT molecular complexity index is 799. The third kappa shape index (κ3) is 7.94. The summed E-state index contributed by atoms with van der Waals surface area (Å²) < 4.78 is 33.1. The van der Waals surface area contributed by atoms with Gasteiger partial charge in [0, 0.05) is 52.6 Å². The Morgan fingerprint density at radius 2 is 1.80 bits per heavy atom. The number of hydrogen-bond acceptors (Lipinski definition) is 2. The van der Waals surface area contributed by atoms with Crippen molar-refractivity contribution in [2.24, 2.45) is 5.92 Å². The molecule has 2 rings (SSSR count). The van der Waals surface area contributed by atoms with Gasteiger partial charge < -0.3 is 9.64 Å². The SMILES string of the molecule is COC(C)(C)CCCC(C)CCN(C(=O)c1ccccc1)c1ccc(F)[c-]c1F.[Ti]. The minimum atomic E-state index is -0.858. The van der Waals surface area contributed by atoms with Gasteiger partial charge in [-0.3, -0.25) is 4.79 Å². The van der Waals surface area contributed by atoms with E-state index in [0.717, 1.165) is 25.3 Å². The Morgan fingerprint density at radius 3 is 2.40 bits per heavy atom. The van der Waals surface area contributed by atoms with E-state index in [-0.39, 0.29) is 38.9 Å². The molecular weight excluding hydrogens is 420 g/mol. The molecule has 6 heteroatoms. The number of benzene rings is 2. The maximum atomic E-state index is 14.4. The van der Waals surface area contributed by atoms with Crippen molar-refractivity contribution in [1.82, 2.24) is 0 Å². The van der Waals surface area contributed by atoms with Crippen molar-refractivity contribution < 1.29 is 40.0 Å². The van der Waals surface area contributed by atoms with E-state index in [0.29, 0.717) is 24.4 Å². The maximum Gasteiger partial charge on any atom is 0.247 e. The second-order valence-electron chi connectivity index (χ2n) is 8.08. The summed E-state index contributed by atoms with van der Waals surface area (Å²) in [7, 11) is 1.71. The normalized spacial score (nSPS) is 12.2. The molecule has 3 nitrogen and oxygen atoms in total. The van der Waals surface area contributed by atoms with E-state index in [1.807, 2.05) is 12.1 Å². The average molecular weight is 450 g/mol. The summed E-state index contributed by atoms with van der Waals surface area (Å²) in [6, 6.07) is 13.2. The molecule has 30 heavy (non-hydrogen) atoms. The van der Waals surface area contributed by atoms with Crippen molar-refractivity contribution in [2.75, 3.05) is 18.6 Å². The first kappa shape index (κ1) is 26.5. The first-order valence-corrected chi connectivity index (χ1v) is 10.0. The molecule has 1 atom stereocenters. The molecular formula is C24H30F2NO2Ti-. The zero-order valence-corrected chi connectivity index (χ0v) is 19.7. The molecule has 0 heterocycles. The van der Waals surface area contributed by atoms with Crippen molar-refractivity contribution in [3.63, 3.8) is 0 Å². The topological polar surface area (TPSA) is 29.5 Å². The van der Waals surface area contributed by atoms with Crippen LogP contribution >= 0.6 is 0 Å². The van der Waals surface area contributed by atoms with Crippen LogP contribution in [0.4, 0.5) is 14.5 Å². The van der Waals surface area contributed by atoms with Crippen LogP contribution in [0.1, 0.15) is 56.8 Å². The molecule has 162 valence electrons. The van der Waals surface area contributed by atoms with Crippen LogP contribution in [0.5, 0.6) is 0 Å². The number of nitrogens with zero attached hydrogens (tertiary/aromatic N) is 1. The van der Waals surface area contributed by atoms with Crippen molar-refractivity contribution in [1.29, 1.82) is 0 Å². The van der Waals surface area contributed by atoms with E-state index in [1.165, 1.54) is 11.0 Å².